The summed E-state index contributed by atoms with van der Waals surface area (Å²) in [5.74, 6) is -2.06. The second-order valence-corrected chi connectivity index (χ2v) is 10.6. The maximum Gasteiger partial charge on any atom is 0.272 e. The van der Waals surface area contributed by atoms with Crippen LogP contribution in [0.4, 0.5) is 14.5 Å². The second-order valence-electron chi connectivity index (χ2n) is 8.66. The van der Waals surface area contributed by atoms with Crippen LogP contribution in [-0.4, -0.2) is 36.7 Å². The molecule has 1 unspecified atom stereocenters. The molecular formula is C26H23F2N3O3S. The minimum absolute atomic E-state index is 0.0220. The largest absolute Gasteiger partial charge is 0.351 e. The first-order chi connectivity index (χ1) is 16.8. The van der Waals surface area contributed by atoms with Crippen molar-refractivity contribution >= 4 is 32.5 Å². The Morgan fingerprint density at radius 2 is 1.71 bits per heavy atom. The van der Waals surface area contributed by atoms with Gasteiger partial charge in [-0.25, -0.2) is 17.2 Å². The highest BCUT2D eigenvalue weighted by atomic mass is 32.2. The zero-order chi connectivity index (χ0) is 24.6. The summed E-state index contributed by atoms with van der Waals surface area (Å²) >= 11 is 0. The van der Waals surface area contributed by atoms with E-state index in [4.69, 9.17) is 0 Å². The quantitative estimate of drug-likeness (QED) is 0.396. The van der Waals surface area contributed by atoms with Gasteiger partial charge in [0.25, 0.3) is 5.91 Å². The molecule has 1 aliphatic rings. The number of aromatic nitrogens is 1. The van der Waals surface area contributed by atoms with Crippen molar-refractivity contribution in [3.63, 3.8) is 0 Å². The van der Waals surface area contributed by atoms with E-state index in [1.165, 1.54) is 4.31 Å². The van der Waals surface area contributed by atoms with E-state index in [1.807, 2.05) is 18.2 Å². The number of rotatable bonds is 5. The van der Waals surface area contributed by atoms with Gasteiger partial charge >= 0.3 is 0 Å². The average molecular weight is 496 g/mol. The van der Waals surface area contributed by atoms with E-state index in [0.29, 0.717) is 13.1 Å². The van der Waals surface area contributed by atoms with Crippen LogP contribution in [0.2, 0.25) is 0 Å². The molecule has 0 saturated carbocycles. The van der Waals surface area contributed by atoms with E-state index in [1.54, 1.807) is 36.4 Å². The maximum absolute atomic E-state index is 13.4. The fourth-order valence-corrected chi connectivity index (χ4v) is 6.07. The molecule has 1 aromatic heterocycles. The van der Waals surface area contributed by atoms with Crippen LogP contribution in [-0.2, 0) is 10.0 Å². The van der Waals surface area contributed by atoms with Crippen molar-refractivity contribution in [1.82, 2.24) is 9.29 Å². The average Bonchev–Trinajstić information content (AvgIpc) is 3.28. The molecule has 2 N–H and O–H groups in total. The number of fused-ring (bicyclic) bond motifs is 1. The van der Waals surface area contributed by atoms with Gasteiger partial charge in [0.2, 0.25) is 10.0 Å². The first kappa shape index (κ1) is 23.2. The van der Waals surface area contributed by atoms with Crippen LogP contribution in [0.3, 0.4) is 0 Å². The number of H-pyrrole nitrogens is 1. The lowest BCUT2D eigenvalue weighted by molar-refractivity contribution is 0.102. The van der Waals surface area contributed by atoms with E-state index in [2.05, 4.69) is 10.3 Å². The standard InChI is InChI=1S/C26H23F2N3O3S/c27-20-13-21(28)15-22(14-20)29-26(32)25-12-19-11-17(8-9-24(19)30-25)18-5-4-10-31(16-18)35(33,34)23-6-2-1-3-7-23/h1-3,6-9,11-15,18,30H,4-5,10,16H2,(H,29,32). The van der Waals surface area contributed by atoms with E-state index in [-0.39, 0.29) is 22.2 Å². The van der Waals surface area contributed by atoms with E-state index in [0.717, 1.165) is 47.5 Å². The lowest BCUT2D eigenvalue weighted by Crippen LogP contribution is -2.39. The van der Waals surface area contributed by atoms with Crippen LogP contribution in [0.1, 0.15) is 34.8 Å². The third-order valence-electron chi connectivity index (χ3n) is 6.25. The van der Waals surface area contributed by atoms with Crippen molar-refractivity contribution in [3.8, 4) is 0 Å². The molecule has 1 atom stereocenters. The summed E-state index contributed by atoms with van der Waals surface area (Å²) in [4.78, 5) is 15.9. The number of hydrogen-bond donors (Lipinski definition) is 2. The lowest BCUT2D eigenvalue weighted by Gasteiger charge is -2.32. The van der Waals surface area contributed by atoms with E-state index >= 15 is 0 Å². The lowest BCUT2D eigenvalue weighted by atomic mass is 9.91. The molecule has 0 aliphatic carbocycles. The summed E-state index contributed by atoms with van der Waals surface area (Å²) in [5.41, 5.74) is 1.99. The number of nitrogens with one attached hydrogen (secondary N) is 2. The number of carbonyl (C=O) groups is 1. The first-order valence-corrected chi connectivity index (χ1v) is 12.7. The first-order valence-electron chi connectivity index (χ1n) is 11.2. The predicted octanol–water partition coefficient (Wildman–Crippen LogP) is 5.27. The fourth-order valence-electron chi connectivity index (χ4n) is 4.53. The summed E-state index contributed by atoms with van der Waals surface area (Å²) < 4.78 is 54.5. The molecule has 1 amide bonds. The molecule has 0 radical (unpaired) electrons. The Bertz CT molecular complexity index is 1480. The van der Waals surface area contributed by atoms with Crippen LogP contribution >= 0.6 is 0 Å². The fraction of sp³-hybridized carbons (Fsp3) is 0.192. The molecule has 5 rings (SSSR count). The van der Waals surface area contributed by atoms with Crippen LogP contribution in [0.25, 0.3) is 10.9 Å². The van der Waals surface area contributed by atoms with Crippen molar-refractivity contribution in [2.75, 3.05) is 18.4 Å². The van der Waals surface area contributed by atoms with Gasteiger partial charge in [0, 0.05) is 35.7 Å². The van der Waals surface area contributed by atoms with Gasteiger partial charge in [-0.3, -0.25) is 4.79 Å². The normalized spacial score (nSPS) is 16.9. The number of amides is 1. The minimum Gasteiger partial charge on any atom is -0.351 e. The van der Waals surface area contributed by atoms with Gasteiger partial charge in [0.15, 0.2) is 0 Å². The van der Waals surface area contributed by atoms with Crippen LogP contribution in [0.5, 0.6) is 0 Å². The molecular weight excluding hydrogens is 472 g/mol. The highest BCUT2D eigenvalue weighted by Crippen LogP contribution is 2.32. The zero-order valence-electron chi connectivity index (χ0n) is 18.7. The topological polar surface area (TPSA) is 82.3 Å². The van der Waals surface area contributed by atoms with Gasteiger partial charge in [-0.1, -0.05) is 24.3 Å². The second kappa shape index (κ2) is 9.24. The van der Waals surface area contributed by atoms with Crippen molar-refractivity contribution in [3.05, 3.63) is 95.7 Å². The Morgan fingerprint density at radius 3 is 2.46 bits per heavy atom. The van der Waals surface area contributed by atoms with Gasteiger partial charge in [-0.05, 0) is 66.8 Å². The number of anilines is 1. The summed E-state index contributed by atoms with van der Waals surface area (Å²) in [5, 5.41) is 3.29. The van der Waals surface area contributed by atoms with Crippen LogP contribution < -0.4 is 5.32 Å². The number of nitrogens with zero attached hydrogens (tertiary/aromatic N) is 1. The zero-order valence-corrected chi connectivity index (χ0v) is 19.5. The molecule has 1 aliphatic heterocycles. The SMILES string of the molecule is O=C(Nc1cc(F)cc(F)c1)c1cc2cc(C3CCCN(S(=O)(=O)c4ccccc4)C3)ccc2[nH]1. The smallest absolute Gasteiger partial charge is 0.272 e. The molecule has 180 valence electrons. The van der Waals surface area contributed by atoms with Gasteiger partial charge in [-0.15, -0.1) is 0 Å². The number of sulfonamides is 1. The highest BCUT2D eigenvalue weighted by Gasteiger charge is 2.31. The summed E-state index contributed by atoms with van der Waals surface area (Å²) in [7, 11) is -3.57. The Hall–Kier alpha value is -3.56. The summed E-state index contributed by atoms with van der Waals surface area (Å²) in [6.45, 7) is 0.858. The summed E-state index contributed by atoms with van der Waals surface area (Å²) in [6, 6.07) is 18.7. The van der Waals surface area contributed by atoms with Gasteiger partial charge in [0.05, 0.1) is 4.90 Å². The molecule has 0 bridgehead atoms. The monoisotopic (exact) mass is 495 g/mol. The van der Waals surface area contributed by atoms with Crippen LogP contribution in [0, 0.1) is 11.6 Å². The van der Waals surface area contributed by atoms with Gasteiger partial charge in [-0.2, -0.15) is 4.31 Å². The Labute approximate surface area is 201 Å². The minimum atomic E-state index is -3.57. The van der Waals surface area contributed by atoms with Crippen molar-refractivity contribution in [2.24, 2.45) is 0 Å². The molecule has 6 nitrogen and oxygen atoms in total. The number of benzene rings is 3. The third kappa shape index (κ3) is 4.82. The number of hydrogen-bond acceptors (Lipinski definition) is 3. The molecule has 0 spiro atoms. The molecule has 4 aromatic rings. The Balaban J connectivity index is 1.35. The number of aromatic amines is 1. The molecule has 35 heavy (non-hydrogen) atoms. The van der Waals surface area contributed by atoms with Gasteiger partial charge in [0.1, 0.15) is 17.3 Å². The molecule has 9 heteroatoms. The highest BCUT2D eigenvalue weighted by molar-refractivity contribution is 7.89. The van der Waals surface area contributed by atoms with Crippen molar-refractivity contribution < 1.29 is 22.0 Å². The molecule has 1 saturated heterocycles. The molecule has 1 fully saturated rings. The number of piperidine rings is 1. The Kier molecular flexibility index (Phi) is 6.12. The third-order valence-corrected chi connectivity index (χ3v) is 8.13. The van der Waals surface area contributed by atoms with Crippen molar-refractivity contribution in [1.29, 1.82) is 0 Å². The van der Waals surface area contributed by atoms with Crippen LogP contribution in [0.15, 0.2) is 77.7 Å². The van der Waals surface area contributed by atoms with Crippen molar-refractivity contribution in [2.45, 2.75) is 23.7 Å². The number of carbonyl (C=O) groups excluding carboxylic acids is 1. The summed E-state index contributed by atoms with van der Waals surface area (Å²) in [6.07, 6.45) is 1.61. The predicted molar refractivity (Wildman–Crippen MR) is 130 cm³/mol. The molecule has 2 heterocycles. The number of halogens is 2. The maximum atomic E-state index is 13.4. The van der Waals surface area contributed by atoms with E-state index in [9.17, 15) is 22.0 Å². The molecule has 3 aromatic carbocycles. The van der Waals surface area contributed by atoms with Gasteiger partial charge < -0.3 is 10.3 Å². The van der Waals surface area contributed by atoms with E-state index < -0.39 is 27.6 Å². The Morgan fingerprint density at radius 1 is 0.971 bits per heavy atom.